The molecule has 0 aliphatic carbocycles. The molecular weight excluding hydrogens is 266 g/mol. The number of esters is 1. The minimum absolute atomic E-state index is 0.180. The topological polar surface area (TPSA) is 52.3 Å². The molecule has 0 fully saturated rings. The molecule has 0 aliphatic heterocycles. The Bertz CT molecular complexity index is 633. The van der Waals surface area contributed by atoms with Crippen molar-refractivity contribution < 1.29 is 13.9 Å². The van der Waals surface area contributed by atoms with Crippen molar-refractivity contribution in [2.75, 3.05) is 7.11 Å². The van der Waals surface area contributed by atoms with Crippen LogP contribution in [-0.4, -0.2) is 18.1 Å². The third-order valence-electron chi connectivity index (χ3n) is 3.32. The number of rotatable bonds is 3. The van der Waals surface area contributed by atoms with Crippen LogP contribution >= 0.6 is 0 Å². The van der Waals surface area contributed by atoms with E-state index in [1.165, 1.54) is 12.7 Å². The van der Waals surface area contributed by atoms with Crippen LogP contribution < -0.4 is 0 Å². The van der Waals surface area contributed by atoms with Gasteiger partial charge >= 0.3 is 5.97 Å². The van der Waals surface area contributed by atoms with Gasteiger partial charge in [-0.05, 0) is 24.1 Å². The lowest BCUT2D eigenvalue weighted by Crippen LogP contribution is -2.17. The molecular formula is C17H21NO3. The molecule has 0 aliphatic rings. The predicted molar refractivity (Wildman–Crippen MR) is 81.4 cm³/mol. The van der Waals surface area contributed by atoms with Crippen molar-refractivity contribution in [1.82, 2.24) is 4.98 Å². The average Bonchev–Trinajstić information content (AvgIpc) is 2.92. The highest BCUT2D eigenvalue weighted by Crippen LogP contribution is 2.30. The quantitative estimate of drug-likeness (QED) is 0.801. The van der Waals surface area contributed by atoms with E-state index in [4.69, 9.17) is 9.15 Å². The van der Waals surface area contributed by atoms with Gasteiger partial charge in [0.1, 0.15) is 5.69 Å². The minimum Gasteiger partial charge on any atom is -0.463 e. The van der Waals surface area contributed by atoms with Gasteiger partial charge in [0.15, 0.2) is 0 Å². The molecule has 1 aromatic carbocycles. The number of aryl methyl sites for hydroxylation is 1. The number of aromatic nitrogens is 1. The Morgan fingerprint density at radius 1 is 1.24 bits per heavy atom. The molecule has 0 saturated carbocycles. The first kappa shape index (κ1) is 15.3. The zero-order valence-electron chi connectivity index (χ0n) is 13.2. The number of ether oxygens (including phenoxy) is 1. The van der Waals surface area contributed by atoms with Crippen LogP contribution in [0.1, 0.15) is 49.5 Å². The highest BCUT2D eigenvalue weighted by atomic mass is 16.5. The van der Waals surface area contributed by atoms with Crippen molar-refractivity contribution >= 4 is 5.97 Å². The van der Waals surface area contributed by atoms with Crippen molar-refractivity contribution in [2.24, 2.45) is 0 Å². The Labute approximate surface area is 125 Å². The van der Waals surface area contributed by atoms with Crippen molar-refractivity contribution in [2.45, 2.75) is 39.5 Å². The van der Waals surface area contributed by atoms with Gasteiger partial charge in [0.2, 0.25) is 11.7 Å². The number of benzene rings is 1. The van der Waals surface area contributed by atoms with E-state index in [1.54, 1.807) is 0 Å². The van der Waals surface area contributed by atoms with Crippen molar-refractivity contribution in [3.63, 3.8) is 0 Å². The standard InChI is InChI=1S/C17H21NO3/c1-6-11-7-9-12(10-8-11)15-18-14(17(2,3)4)13(21-15)16(19)20-5/h7-10H,6H2,1-5H3. The van der Waals surface area contributed by atoms with Crippen LogP contribution in [0.25, 0.3) is 11.5 Å². The minimum atomic E-state index is -0.496. The summed E-state index contributed by atoms with van der Waals surface area (Å²) in [5, 5.41) is 0. The third kappa shape index (κ3) is 3.15. The van der Waals surface area contributed by atoms with Gasteiger partial charge in [0, 0.05) is 11.0 Å². The Morgan fingerprint density at radius 3 is 2.33 bits per heavy atom. The van der Waals surface area contributed by atoms with Crippen molar-refractivity contribution in [3.05, 3.63) is 41.3 Å². The highest BCUT2D eigenvalue weighted by molar-refractivity contribution is 5.88. The molecule has 0 unspecified atom stereocenters. The van der Waals surface area contributed by atoms with E-state index >= 15 is 0 Å². The Balaban J connectivity index is 2.50. The second kappa shape index (κ2) is 5.72. The monoisotopic (exact) mass is 287 g/mol. The van der Waals surface area contributed by atoms with E-state index in [0.717, 1.165) is 12.0 Å². The van der Waals surface area contributed by atoms with E-state index < -0.39 is 5.97 Å². The maximum absolute atomic E-state index is 11.9. The molecule has 0 spiro atoms. The number of hydrogen-bond donors (Lipinski definition) is 0. The van der Waals surface area contributed by atoms with E-state index in [9.17, 15) is 4.79 Å². The molecule has 1 aromatic heterocycles. The first-order valence-corrected chi connectivity index (χ1v) is 7.05. The molecule has 0 atom stereocenters. The fourth-order valence-corrected chi connectivity index (χ4v) is 2.07. The first-order valence-electron chi connectivity index (χ1n) is 7.05. The van der Waals surface area contributed by atoms with E-state index in [1.807, 2.05) is 45.0 Å². The predicted octanol–water partition coefficient (Wildman–Crippen LogP) is 3.99. The normalized spacial score (nSPS) is 11.5. The van der Waals surface area contributed by atoms with Crippen molar-refractivity contribution in [1.29, 1.82) is 0 Å². The lowest BCUT2D eigenvalue weighted by atomic mass is 9.91. The largest absolute Gasteiger partial charge is 0.463 e. The number of hydrogen-bond acceptors (Lipinski definition) is 4. The Kier molecular flexibility index (Phi) is 4.16. The summed E-state index contributed by atoms with van der Waals surface area (Å²) in [5.41, 5.74) is 2.42. The molecule has 0 N–H and O–H groups in total. The summed E-state index contributed by atoms with van der Waals surface area (Å²) in [4.78, 5) is 16.4. The smallest absolute Gasteiger partial charge is 0.376 e. The summed E-state index contributed by atoms with van der Waals surface area (Å²) in [7, 11) is 1.34. The van der Waals surface area contributed by atoms with Crippen LogP contribution in [0.2, 0.25) is 0 Å². The molecule has 21 heavy (non-hydrogen) atoms. The average molecular weight is 287 g/mol. The van der Waals surface area contributed by atoms with Crippen molar-refractivity contribution in [3.8, 4) is 11.5 Å². The lowest BCUT2D eigenvalue weighted by Gasteiger charge is -2.15. The van der Waals surface area contributed by atoms with Gasteiger partial charge in [-0.3, -0.25) is 0 Å². The fourth-order valence-electron chi connectivity index (χ4n) is 2.07. The zero-order chi connectivity index (χ0) is 15.6. The molecule has 0 bridgehead atoms. The van der Waals surface area contributed by atoms with Gasteiger partial charge in [-0.15, -0.1) is 0 Å². The van der Waals surface area contributed by atoms with Crippen LogP contribution in [0.4, 0.5) is 0 Å². The molecule has 2 aromatic rings. The Hall–Kier alpha value is -2.10. The first-order chi connectivity index (χ1) is 9.86. The SMILES string of the molecule is CCc1ccc(-c2nc(C(C)(C)C)c(C(=O)OC)o2)cc1. The summed E-state index contributed by atoms with van der Waals surface area (Å²) < 4.78 is 10.5. The zero-order valence-corrected chi connectivity index (χ0v) is 13.2. The van der Waals surface area contributed by atoms with E-state index in [2.05, 4.69) is 11.9 Å². The lowest BCUT2D eigenvalue weighted by molar-refractivity contribution is 0.0562. The van der Waals surface area contributed by atoms with Gasteiger partial charge in [0.25, 0.3) is 0 Å². The molecule has 4 nitrogen and oxygen atoms in total. The van der Waals surface area contributed by atoms with Crippen LogP contribution in [0.15, 0.2) is 28.7 Å². The second-order valence-electron chi connectivity index (χ2n) is 5.99. The van der Waals surface area contributed by atoms with Gasteiger partial charge < -0.3 is 9.15 Å². The highest BCUT2D eigenvalue weighted by Gasteiger charge is 2.29. The number of oxazole rings is 1. The van der Waals surface area contributed by atoms with Gasteiger partial charge in [0.05, 0.1) is 7.11 Å². The molecule has 0 saturated heterocycles. The molecule has 0 radical (unpaired) electrons. The Morgan fingerprint density at radius 2 is 1.86 bits per heavy atom. The van der Waals surface area contributed by atoms with E-state index in [0.29, 0.717) is 11.6 Å². The van der Waals surface area contributed by atoms with Crippen LogP contribution in [0.5, 0.6) is 0 Å². The van der Waals surface area contributed by atoms with Crippen LogP contribution in [0.3, 0.4) is 0 Å². The number of methoxy groups -OCH3 is 1. The molecule has 0 amide bonds. The van der Waals surface area contributed by atoms with Gasteiger partial charge in [-0.2, -0.15) is 0 Å². The number of nitrogens with zero attached hydrogens (tertiary/aromatic N) is 1. The molecule has 112 valence electrons. The summed E-state index contributed by atoms with van der Waals surface area (Å²) in [6.45, 7) is 8.07. The van der Waals surface area contributed by atoms with Crippen LogP contribution in [-0.2, 0) is 16.6 Å². The van der Waals surface area contributed by atoms with E-state index in [-0.39, 0.29) is 11.2 Å². The molecule has 1 heterocycles. The maximum atomic E-state index is 11.9. The summed E-state index contributed by atoms with van der Waals surface area (Å²) in [5.74, 6) is 0.131. The summed E-state index contributed by atoms with van der Waals surface area (Å²) >= 11 is 0. The number of carbonyl (C=O) groups excluding carboxylic acids is 1. The molecule has 4 heteroatoms. The van der Waals surface area contributed by atoms with Gasteiger partial charge in [-0.25, -0.2) is 9.78 Å². The second-order valence-corrected chi connectivity index (χ2v) is 5.99. The summed E-state index contributed by atoms with van der Waals surface area (Å²) in [6.07, 6.45) is 0.979. The number of carbonyl (C=O) groups is 1. The molecule has 2 rings (SSSR count). The summed E-state index contributed by atoms with van der Waals surface area (Å²) in [6, 6.07) is 7.98. The van der Waals surface area contributed by atoms with Crippen LogP contribution in [0, 0.1) is 0 Å². The maximum Gasteiger partial charge on any atom is 0.376 e. The third-order valence-corrected chi connectivity index (χ3v) is 3.32. The van der Waals surface area contributed by atoms with Gasteiger partial charge in [-0.1, -0.05) is 39.8 Å². The fraction of sp³-hybridized carbons (Fsp3) is 0.412.